The molecule has 2 heterocycles. The second kappa shape index (κ2) is 6.56. The Morgan fingerprint density at radius 1 is 1.33 bits per heavy atom. The van der Waals surface area contributed by atoms with E-state index in [1.165, 1.54) is 0 Å². The fourth-order valence-corrected chi connectivity index (χ4v) is 4.32. The summed E-state index contributed by atoms with van der Waals surface area (Å²) >= 11 is 0. The molecule has 8 heteroatoms. The van der Waals surface area contributed by atoms with Crippen LogP contribution in [0.2, 0.25) is 0 Å². The highest BCUT2D eigenvalue weighted by Gasteiger charge is 2.32. The molecule has 1 aliphatic rings. The van der Waals surface area contributed by atoms with Crippen LogP contribution in [0, 0.1) is 5.92 Å². The van der Waals surface area contributed by atoms with Crippen LogP contribution in [-0.2, 0) is 14.6 Å². The number of imidazole rings is 1. The summed E-state index contributed by atoms with van der Waals surface area (Å²) in [4.78, 5) is 16.0. The third kappa shape index (κ3) is 3.70. The molecule has 1 saturated heterocycles. The third-order valence-electron chi connectivity index (χ3n) is 4.02. The van der Waals surface area contributed by atoms with E-state index in [1.807, 2.05) is 35.0 Å². The lowest BCUT2D eigenvalue weighted by molar-refractivity contribution is -0.124. The molecule has 1 fully saturated rings. The maximum atomic E-state index is 12.0. The van der Waals surface area contributed by atoms with Crippen LogP contribution in [0.3, 0.4) is 0 Å². The van der Waals surface area contributed by atoms with Crippen LogP contribution in [0.4, 0.5) is 0 Å². The molecule has 1 aromatic carbocycles. The van der Waals surface area contributed by atoms with Gasteiger partial charge in [-0.1, -0.05) is 12.1 Å². The minimum absolute atomic E-state index is 0.0729. The lowest BCUT2D eigenvalue weighted by Crippen LogP contribution is -2.28. The van der Waals surface area contributed by atoms with Crippen molar-refractivity contribution < 1.29 is 13.2 Å². The molecule has 0 saturated carbocycles. The average Bonchev–Trinajstić information content (AvgIpc) is 3.22. The Morgan fingerprint density at radius 3 is 2.67 bits per heavy atom. The van der Waals surface area contributed by atoms with Crippen LogP contribution in [0.25, 0.3) is 5.69 Å². The van der Waals surface area contributed by atoms with E-state index in [9.17, 15) is 13.2 Å². The molecule has 2 aromatic rings. The van der Waals surface area contributed by atoms with Crippen molar-refractivity contribution in [3.63, 3.8) is 0 Å². The van der Waals surface area contributed by atoms with Gasteiger partial charge in [-0.3, -0.25) is 4.79 Å². The molecule has 1 amide bonds. The lowest BCUT2D eigenvalue weighted by atomic mass is 10.1. The molecule has 1 aromatic heterocycles. The first-order chi connectivity index (χ1) is 11.4. The van der Waals surface area contributed by atoms with Gasteiger partial charge in [0.1, 0.15) is 0 Å². The van der Waals surface area contributed by atoms with E-state index in [0.29, 0.717) is 12.1 Å². The Kier molecular flexibility index (Phi) is 4.48. The van der Waals surface area contributed by atoms with Gasteiger partial charge in [-0.2, -0.15) is 5.10 Å². The number of nitrogens with zero attached hydrogens (tertiary/aromatic N) is 3. The van der Waals surface area contributed by atoms with Crippen molar-refractivity contribution in [2.24, 2.45) is 11.0 Å². The Bertz CT molecular complexity index is 855. The zero-order valence-electron chi connectivity index (χ0n) is 13.2. The molecular formula is C16H18N4O3S. The molecule has 1 atom stereocenters. The maximum Gasteiger partial charge on any atom is 0.244 e. The third-order valence-corrected chi connectivity index (χ3v) is 5.79. The summed E-state index contributed by atoms with van der Waals surface area (Å²) in [7, 11) is -3.07. The van der Waals surface area contributed by atoms with Crippen molar-refractivity contribution >= 4 is 21.5 Å². The predicted molar refractivity (Wildman–Crippen MR) is 90.7 cm³/mol. The van der Waals surface area contributed by atoms with Gasteiger partial charge in [0.05, 0.1) is 29.5 Å². The van der Waals surface area contributed by atoms with Crippen LogP contribution in [0.1, 0.15) is 18.9 Å². The average molecular weight is 346 g/mol. The summed E-state index contributed by atoms with van der Waals surface area (Å²) in [6.07, 6.45) is 5.64. The van der Waals surface area contributed by atoms with Crippen molar-refractivity contribution in [3.05, 3.63) is 48.5 Å². The first-order valence-electron chi connectivity index (χ1n) is 7.58. The molecule has 0 spiro atoms. The number of carbonyl (C=O) groups excluding carboxylic acids is 1. The highest BCUT2D eigenvalue weighted by atomic mass is 32.2. The van der Waals surface area contributed by atoms with E-state index in [-0.39, 0.29) is 17.4 Å². The number of amides is 1. The summed E-state index contributed by atoms with van der Waals surface area (Å²) in [5, 5.41) is 4.08. The summed E-state index contributed by atoms with van der Waals surface area (Å²) < 4.78 is 24.7. The molecule has 0 radical (unpaired) electrons. The van der Waals surface area contributed by atoms with Crippen LogP contribution in [0.5, 0.6) is 0 Å². The number of benzene rings is 1. The quantitative estimate of drug-likeness (QED) is 0.664. The normalized spacial score (nSPS) is 20.0. The molecule has 7 nitrogen and oxygen atoms in total. The minimum Gasteiger partial charge on any atom is -0.306 e. The largest absolute Gasteiger partial charge is 0.306 e. The fraction of sp³-hybridized carbons (Fsp3) is 0.312. The van der Waals surface area contributed by atoms with Gasteiger partial charge < -0.3 is 4.57 Å². The van der Waals surface area contributed by atoms with Gasteiger partial charge in [-0.05, 0) is 31.0 Å². The van der Waals surface area contributed by atoms with Gasteiger partial charge >= 0.3 is 0 Å². The molecule has 126 valence electrons. The molecule has 0 unspecified atom stereocenters. The Labute approximate surface area is 140 Å². The van der Waals surface area contributed by atoms with E-state index < -0.39 is 15.8 Å². The topological polar surface area (TPSA) is 93.4 Å². The van der Waals surface area contributed by atoms with Crippen LogP contribution in [0.15, 0.2) is 48.1 Å². The van der Waals surface area contributed by atoms with E-state index in [4.69, 9.17) is 0 Å². The van der Waals surface area contributed by atoms with Crippen molar-refractivity contribution in [1.29, 1.82) is 0 Å². The monoisotopic (exact) mass is 346 g/mol. The van der Waals surface area contributed by atoms with E-state index in [2.05, 4.69) is 15.5 Å². The Morgan fingerprint density at radius 2 is 2.08 bits per heavy atom. The van der Waals surface area contributed by atoms with Gasteiger partial charge in [0, 0.05) is 18.1 Å². The molecule has 24 heavy (non-hydrogen) atoms. The minimum atomic E-state index is -3.07. The molecule has 0 bridgehead atoms. The number of hydrogen-bond donors (Lipinski definition) is 1. The number of sulfone groups is 1. The first-order valence-corrected chi connectivity index (χ1v) is 9.40. The Hall–Kier alpha value is -2.48. The standard InChI is InChI=1S/C16H18N4O3S/c1-12(18-19-16(21)14-6-9-24(22,23)10-14)13-2-4-15(5-3-13)20-8-7-17-11-20/h2-5,7-8,11,14H,6,9-10H2,1H3,(H,19,21)/b18-12-/t14-/m1/s1. The van der Waals surface area contributed by atoms with Crippen molar-refractivity contribution in [3.8, 4) is 5.69 Å². The smallest absolute Gasteiger partial charge is 0.244 e. The second-order valence-corrected chi connectivity index (χ2v) is 8.02. The summed E-state index contributed by atoms with van der Waals surface area (Å²) in [5.74, 6) is -0.864. The van der Waals surface area contributed by atoms with Crippen molar-refractivity contribution in [2.45, 2.75) is 13.3 Å². The van der Waals surface area contributed by atoms with Gasteiger partial charge in [0.25, 0.3) is 0 Å². The highest BCUT2D eigenvalue weighted by Crippen LogP contribution is 2.18. The molecule has 0 aliphatic carbocycles. The van der Waals surface area contributed by atoms with Gasteiger partial charge in [-0.25, -0.2) is 18.8 Å². The summed E-state index contributed by atoms with van der Waals surface area (Å²) in [6, 6.07) is 7.67. The number of hydrazone groups is 1. The molecular weight excluding hydrogens is 328 g/mol. The number of rotatable bonds is 4. The SMILES string of the molecule is C/C(=N/NC(=O)[C@@H]1CCS(=O)(=O)C1)c1ccc(-n2ccnc2)cc1. The predicted octanol–water partition coefficient (Wildman–Crippen LogP) is 1.15. The van der Waals surface area contributed by atoms with E-state index in [0.717, 1.165) is 11.3 Å². The second-order valence-electron chi connectivity index (χ2n) is 5.79. The molecule has 3 rings (SSSR count). The van der Waals surface area contributed by atoms with Crippen LogP contribution >= 0.6 is 0 Å². The number of aromatic nitrogens is 2. The fourth-order valence-electron chi connectivity index (χ4n) is 2.58. The van der Waals surface area contributed by atoms with E-state index >= 15 is 0 Å². The van der Waals surface area contributed by atoms with Gasteiger partial charge in [-0.15, -0.1) is 0 Å². The van der Waals surface area contributed by atoms with Crippen LogP contribution < -0.4 is 5.43 Å². The van der Waals surface area contributed by atoms with E-state index in [1.54, 1.807) is 19.4 Å². The Balaban J connectivity index is 1.64. The zero-order valence-corrected chi connectivity index (χ0v) is 14.0. The van der Waals surface area contributed by atoms with Crippen molar-refractivity contribution in [1.82, 2.24) is 15.0 Å². The van der Waals surface area contributed by atoms with Crippen LogP contribution in [-0.4, -0.2) is 41.1 Å². The first kappa shape index (κ1) is 16.4. The van der Waals surface area contributed by atoms with Gasteiger partial charge in [0.15, 0.2) is 9.84 Å². The highest BCUT2D eigenvalue weighted by molar-refractivity contribution is 7.91. The number of carbonyl (C=O) groups is 1. The molecule has 1 N–H and O–H groups in total. The molecule has 1 aliphatic heterocycles. The maximum absolute atomic E-state index is 12.0. The van der Waals surface area contributed by atoms with Crippen molar-refractivity contribution in [2.75, 3.05) is 11.5 Å². The lowest BCUT2D eigenvalue weighted by Gasteiger charge is -2.07. The summed E-state index contributed by atoms with van der Waals surface area (Å²) in [5.41, 5.74) is 4.98. The van der Waals surface area contributed by atoms with Gasteiger partial charge in [0.2, 0.25) is 5.91 Å². The number of hydrogen-bond acceptors (Lipinski definition) is 5. The number of nitrogens with one attached hydrogen (secondary N) is 1. The summed E-state index contributed by atoms with van der Waals surface area (Å²) in [6.45, 7) is 1.79. The zero-order chi connectivity index (χ0) is 17.2.